The first kappa shape index (κ1) is 17.0. The smallest absolute Gasteiger partial charge is 0.270 e. The van der Waals surface area contributed by atoms with Crippen molar-refractivity contribution in [2.45, 2.75) is 6.54 Å². The maximum absolute atomic E-state index is 11.2. The Morgan fingerprint density at radius 3 is 2.81 bits per heavy atom. The average Bonchev–Trinajstić information content (AvgIpc) is 3.00. The van der Waals surface area contributed by atoms with Crippen LogP contribution in [0.15, 0.2) is 42.6 Å². The molecule has 134 valence electrons. The van der Waals surface area contributed by atoms with Crippen LogP contribution in [0.1, 0.15) is 5.69 Å². The van der Waals surface area contributed by atoms with Crippen LogP contribution in [0.25, 0.3) is 16.9 Å². The van der Waals surface area contributed by atoms with E-state index in [2.05, 4.69) is 10.2 Å². The summed E-state index contributed by atoms with van der Waals surface area (Å²) in [6, 6.07) is 10.3. The van der Waals surface area contributed by atoms with Gasteiger partial charge in [-0.15, -0.1) is 0 Å². The maximum atomic E-state index is 11.2. The van der Waals surface area contributed by atoms with Gasteiger partial charge in [0.2, 0.25) is 0 Å². The number of nitrogens with zero attached hydrogens (tertiary/aromatic N) is 4. The zero-order valence-corrected chi connectivity index (χ0v) is 14.8. The number of imidazole rings is 1. The molecule has 0 unspecified atom stereocenters. The summed E-state index contributed by atoms with van der Waals surface area (Å²) in [6.07, 6.45) is 1.85. The number of rotatable bonds is 4. The number of non-ortho nitro benzene ring substituents is 1. The molecular formula is C18H18ClN5O2. The van der Waals surface area contributed by atoms with Crippen LogP contribution in [0.2, 0.25) is 5.02 Å². The average molecular weight is 372 g/mol. The minimum Gasteiger partial charge on any atom is -0.314 e. The summed E-state index contributed by atoms with van der Waals surface area (Å²) in [5.41, 5.74) is 3.33. The van der Waals surface area contributed by atoms with E-state index in [1.54, 1.807) is 18.2 Å². The number of piperazine rings is 1. The first-order valence-corrected chi connectivity index (χ1v) is 8.84. The quantitative estimate of drug-likeness (QED) is 0.563. The highest BCUT2D eigenvalue weighted by Crippen LogP contribution is 2.29. The first-order chi connectivity index (χ1) is 12.6. The SMILES string of the molecule is O=[N+]([O-])c1cccc(-c2nc3ccc(Cl)cn3c2CN2CCNCC2)c1. The van der Waals surface area contributed by atoms with Gasteiger partial charge in [0.25, 0.3) is 5.69 Å². The molecule has 0 bridgehead atoms. The molecule has 3 aromatic rings. The summed E-state index contributed by atoms with van der Waals surface area (Å²) in [5.74, 6) is 0. The summed E-state index contributed by atoms with van der Waals surface area (Å²) in [6.45, 7) is 4.50. The van der Waals surface area contributed by atoms with E-state index < -0.39 is 0 Å². The molecule has 3 heterocycles. The highest BCUT2D eigenvalue weighted by Gasteiger charge is 2.20. The molecule has 0 spiro atoms. The number of nitro groups is 1. The molecule has 1 aliphatic rings. The normalized spacial score (nSPS) is 15.4. The van der Waals surface area contributed by atoms with Gasteiger partial charge >= 0.3 is 0 Å². The Balaban J connectivity index is 1.83. The Labute approximate surface area is 155 Å². The van der Waals surface area contributed by atoms with Crippen molar-refractivity contribution in [3.8, 4) is 11.3 Å². The van der Waals surface area contributed by atoms with E-state index >= 15 is 0 Å². The molecule has 0 saturated carbocycles. The zero-order chi connectivity index (χ0) is 18.1. The molecule has 1 N–H and O–H groups in total. The van der Waals surface area contributed by atoms with Gasteiger partial charge in [-0.3, -0.25) is 15.0 Å². The molecule has 8 heteroatoms. The highest BCUT2D eigenvalue weighted by atomic mass is 35.5. The van der Waals surface area contributed by atoms with Crippen molar-refractivity contribution >= 4 is 22.9 Å². The third-order valence-electron chi connectivity index (χ3n) is 4.59. The lowest BCUT2D eigenvalue weighted by molar-refractivity contribution is -0.384. The Bertz CT molecular complexity index is 965. The molecule has 1 aliphatic heterocycles. The Kier molecular flexibility index (Phi) is 4.58. The van der Waals surface area contributed by atoms with Crippen molar-refractivity contribution in [3.63, 3.8) is 0 Å². The summed E-state index contributed by atoms with van der Waals surface area (Å²) < 4.78 is 1.98. The lowest BCUT2D eigenvalue weighted by Gasteiger charge is -2.27. The fraction of sp³-hybridized carbons (Fsp3) is 0.278. The van der Waals surface area contributed by atoms with Crippen molar-refractivity contribution in [1.82, 2.24) is 19.6 Å². The third kappa shape index (κ3) is 3.29. The van der Waals surface area contributed by atoms with E-state index in [4.69, 9.17) is 16.6 Å². The van der Waals surface area contributed by atoms with Gasteiger partial charge in [-0.25, -0.2) is 4.98 Å². The number of halogens is 1. The van der Waals surface area contributed by atoms with Crippen LogP contribution in [-0.2, 0) is 6.54 Å². The molecule has 1 fully saturated rings. The summed E-state index contributed by atoms with van der Waals surface area (Å²) in [7, 11) is 0. The van der Waals surface area contributed by atoms with Gasteiger partial charge in [0.1, 0.15) is 5.65 Å². The topological polar surface area (TPSA) is 75.7 Å². The lowest BCUT2D eigenvalue weighted by atomic mass is 10.1. The van der Waals surface area contributed by atoms with Gasteiger partial charge < -0.3 is 9.72 Å². The molecule has 1 saturated heterocycles. The lowest BCUT2D eigenvalue weighted by Crippen LogP contribution is -2.43. The van der Waals surface area contributed by atoms with E-state index in [1.807, 2.05) is 22.7 Å². The number of hydrogen-bond donors (Lipinski definition) is 1. The summed E-state index contributed by atoms with van der Waals surface area (Å²) in [4.78, 5) is 17.8. The fourth-order valence-corrected chi connectivity index (χ4v) is 3.46. The van der Waals surface area contributed by atoms with Crippen molar-refractivity contribution < 1.29 is 4.92 Å². The van der Waals surface area contributed by atoms with Gasteiger partial charge in [0.05, 0.1) is 21.3 Å². The minimum atomic E-state index is -0.383. The monoisotopic (exact) mass is 371 g/mol. The van der Waals surface area contributed by atoms with E-state index in [-0.39, 0.29) is 10.6 Å². The van der Waals surface area contributed by atoms with Crippen molar-refractivity contribution in [1.29, 1.82) is 0 Å². The van der Waals surface area contributed by atoms with Crippen LogP contribution >= 0.6 is 11.6 Å². The minimum absolute atomic E-state index is 0.0608. The summed E-state index contributed by atoms with van der Waals surface area (Å²) in [5, 5.41) is 15.1. The number of aromatic nitrogens is 2. The molecule has 2 aromatic heterocycles. The standard InChI is InChI=1S/C18H18ClN5O2/c19-14-4-5-17-21-18(13-2-1-3-15(10-13)24(25)26)16(23(17)11-14)12-22-8-6-20-7-9-22/h1-5,10-11,20H,6-9,12H2. The van der Waals surface area contributed by atoms with Crippen LogP contribution in [0.5, 0.6) is 0 Å². The van der Waals surface area contributed by atoms with Crippen molar-refractivity contribution in [2.24, 2.45) is 0 Å². The Morgan fingerprint density at radius 2 is 2.04 bits per heavy atom. The first-order valence-electron chi connectivity index (χ1n) is 8.46. The Morgan fingerprint density at radius 1 is 1.23 bits per heavy atom. The largest absolute Gasteiger partial charge is 0.314 e. The predicted molar refractivity (Wildman–Crippen MR) is 100 cm³/mol. The number of nitro benzene ring substituents is 1. The molecule has 0 amide bonds. The molecule has 4 rings (SSSR count). The van der Waals surface area contributed by atoms with Gasteiger partial charge in [-0.1, -0.05) is 23.7 Å². The van der Waals surface area contributed by atoms with Crippen LogP contribution in [0.3, 0.4) is 0 Å². The third-order valence-corrected chi connectivity index (χ3v) is 4.82. The molecule has 0 aliphatic carbocycles. The zero-order valence-electron chi connectivity index (χ0n) is 14.1. The predicted octanol–water partition coefficient (Wildman–Crippen LogP) is 2.97. The highest BCUT2D eigenvalue weighted by molar-refractivity contribution is 6.30. The van der Waals surface area contributed by atoms with E-state index in [9.17, 15) is 10.1 Å². The maximum Gasteiger partial charge on any atom is 0.270 e. The fourth-order valence-electron chi connectivity index (χ4n) is 3.30. The number of hydrogen-bond acceptors (Lipinski definition) is 5. The molecular weight excluding hydrogens is 354 g/mol. The van der Waals surface area contributed by atoms with Gasteiger partial charge in [0.15, 0.2) is 0 Å². The number of benzene rings is 1. The second-order valence-electron chi connectivity index (χ2n) is 6.32. The van der Waals surface area contributed by atoms with Gasteiger partial charge in [0, 0.05) is 56.6 Å². The van der Waals surface area contributed by atoms with Crippen LogP contribution in [0, 0.1) is 10.1 Å². The van der Waals surface area contributed by atoms with Crippen LogP contribution in [-0.4, -0.2) is 45.4 Å². The molecule has 7 nitrogen and oxygen atoms in total. The molecule has 0 radical (unpaired) electrons. The summed E-state index contributed by atoms with van der Waals surface area (Å²) >= 11 is 6.19. The molecule has 0 atom stereocenters. The van der Waals surface area contributed by atoms with E-state index in [0.29, 0.717) is 11.6 Å². The van der Waals surface area contributed by atoms with Crippen LogP contribution < -0.4 is 5.32 Å². The molecule has 26 heavy (non-hydrogen) atoms. The second-order valence-corrected chi connectivity index (χ2v) is 6.75. The van der Waals surface area contributed by atoms with Crippen LogP contribution in [0.4, 0.5) is 5.69 Å². The van der Waals surface area contributed by atoms with Gasteiger partial charge in [-0.05, 0) is 12.1 Å². The molecule has 1 aromatic carbocycles. The number of pyridine rings is 1. The number of nitrogens with one attached hydrogen (secondary N) is 1. The van der Waals surface area contributed by atoms with E-state index in [1.165, 1.54) is 6.07 Å². The van der Waals surface area contributed by atoms with Crippen molar-refractivity contribution in [2.75, 3.05) is 26.2 Å². The second kappa shape index (κ2) is 7.03. The van der Waals surface area contributed by atoms with Crippen molar-refractivity contribution in [3.05, 3.63) is 63.4 Å². The van der Waals surface area contributed by atoms with Gasteiger partial charge in [-0.2, -0.15) is 0 Å². The number of fused-ring (bicyclic) bond motifs is 1. The Hall–Kier alpha value is -2.48. The van der Waals surface area contributed by atoms with E-state index in [0.717, 1.165) is 48.8 Å².